The Morgan fingerprint density at radius 3 is 3.00 bits per heavy atom. The van der Waals surface area contributed by atoms with Gasteiger partial charge < -0.3 is 4.74 Å². The summed E-state index contributed by atoms with van der Waals surface area (Å²) in [5, 5.41) is 9.44. The Bertz CT molecular complexity index is 606. The van der Waals surface area contributed by atoms with Gasteiger partial charge in [-0.25, -0.2) is 9.89 Å². The lowest BCUT2D eigenvalue weighted by atomic mass is 10.2. The monoisotopic (exact) mass is 254 g/mol. The normalized spacial score (nSPS) is 11.3. The van der Waals surface area contributed by atoms with Gasteiger partial charge in [0.05, 0.1) is 6.21 Å². The maximum absolute atomic E-state index is 12.0. The van der Waals surface area contributed by atoms with Crippen LogP contribution in [0.5, 0.6) is 5.75 Å². The number of halogens is 2. The van der Waals surface area contributed by atoms with Crippen LogP contribution in [-0.2, 0) is 0 Å². The fourth-order valence-electron chi connectivity index (χ4n) is 1.22. The smallest absolute Gasteiger partial charge is 0.387 e. The van der Waals surface area contributed by atoms with Crippen molar-refractivity contribution in [2.24, 2.45) is 5.10 Å². The summed E-state index contributed by atoms with van der Waals surface area (Å²) < 4.78 is 29.2. The number of aromatic nitrogens is 3. The van der Waals surface area contributed by atoms with Gasteiger partial charge >= 0.3 is 12.3 Å². The van der Waals surface area contributed by atoms with E-state index in [1.54, 1.807) is 6.07 Å². The van der Waals surface area contributed by atoms with Crippen molar-refractivity contribution >= 4 is 6.21 Å². The van der Waals surface area contributed by atoms with E-state index in [1.807, 2.05) is 0 Å². The summed E-state index contributed by atoms with van der Waals surface area (Å²) in [6, 6.07) is 5.94. The van der Waals surface area contributed by atoms with E-state index in [4.69, 9.17) is 0 Å². The topological polar surface area (TPSA) is 72.3 Å². The average Bonchev–Trinajstić information content (AvgIpc) is 2.72. The second-order valence-corrected chi connectivity index (χ2v) is 3.20. The summed E-state index contributed by atoms with van der Waals surface area (Å²) in [4.78, 5) is 11.1. The highest BCUT2D eigenvalue weighted by Gasteiger charge is 2.03. The molecule has 8 heteroatoms. The van der Waals surface area contributed by atoms with Gasteiger partial charge in [-0.05, 0) is 17.7 Å². The van der Waals surface area contributed by atoms with Crippen molar-refractivity contribution in [3.05, 3.63) is 46.6 Å². The fraction of sp³-hybridized carbons (Fsp3) is 0.100. The van der Waals surface area contributed by atoms with E-state index in [0.717, 1.165) is 4.68 Å². The summed E-state index contributed by atoms with van der Waals surface area (Å²) in [5.41, 5.74) is 0.0208. The molecule has 0 bridgehead atoms. The molecule has 1 heterocycles. The zero-order valence-electron chi connectivity index (χ0n) is 8.96. The van der Waals surface area contributed by atoms with Gasteiger partial charge in [-0.15, -0.1) is 0 Å². The number of H-pyrrole nitrogens is 1. The largest absolute Gasteiger partial charge is 0.435 e. The first kappa shape index (κ1) is 12.0. The number of aromatic amines is 1. The van der Waals surface area contributed by atoms with Crippen LogP contribution < -0.4 is 10.4 Å². The minimum atomic E-state index is -2.88. The first-order valence-electron chi connectivity index (χ1n) is 4.86. The van der Waals surface area contributed by atoms with Gasteiger partial charge in [0.15, 0.2) is 0 Å². The molecule has 0 spiro atoms. The van der Waals surface area contributed by atoms with E-state index in [0.29, 0.717) is 5.56 Å². The molecule has 0 saturated carbocycles. The lowest BCUT2D eigenvalue weighted by Gasteiger charge is -2.04. The SMILES string of the molecule is O=c1[nH]ncn1/N=C\c1cccc(OC(F)F)c1. The third-order valence-electron chi connectivity index (χ3n) is 1.95. The van der Waals surface area contributed by atoms with Crippen LogP contribution in [0.3, 0.4) is 0 Å². The third-order valence-corrected chi connectivity index (χ3v) is 1.95. The minimum Gasteiger partial charge on any atom is -0.435 e. The summed E-state index contributed by atoms with van der Waals surface area (Å²) >= 11 is 0. The molecule has 2 aromatic rings. The maximum atomic E-state index is 12.0. The molecule has 0 aliphatic rings. The molecule has 6 nitrogen and oxygen atoms in total. The van der Waals surface area contributed by atoms with E-state index in [2.05, 4.69) is 20.0 Å². The van der Waals surface area contributed by atoms with Crippen molar-refractivity contribution in [1.29, 1.82) is 0 Å². The molecule has 1 aromatic heterocycles. The van der Waals surface area contributed by atoms with Crippen LogP contribution >= 0.6 is 0 Å². The molecule has 0 radical (unpaired) electrons. The highest BCUT2D eigenvalue weighted by atomic mass is 19.3. The number of benzene rings is 1. The van der Waals surface area contributed by atoms with Crippen molar-refractivity contribution in [1.82, 2.24) is 14.9 Å². The van der Waals surface area contributed by atoms with Gasteiger partial charge in [-0.3, -0.25) is 0 Å². The minimum absolute atomic E-state index is 0.0218. The van der Waals surface area contributed by atoms with Crippen molar-refractivity contribution < 1.29 is 13.5 Å². The molecular formula is C10H8F2N4O2. The molecule has 1 aromatic carbocycles. The highest BCUT2D eigenvalue weighted by Crippen LogP contribution is 2.14. The van der Waals surface area contributed by atoms with Crippen molar-refractivity contribution in [3.8, 4) is 5.75 Å². The number of hydrogen-bond acceptors (Lipinski definition) is 4. The second kappa shape index (κ2) is 5.21. The second-order valence-electron chi connectivity index (χ2n) is 3.20. The summed E-state index contributed by atoms with van der Waals surface area (Å²) in [6.07, 6.45) is 2.52. The quantitative estimate of drug-likeness (QED) is 0.829. The third kappa shape index (κ3) is 3.00. The molecule has 2 rings (SSSR count). The van der Waals surface area contributed by atoms with Crippen LogP contribution in [0.4, 0.5) is 8.78 Å². The van der Waals surface area contributed by atoms with Crippen LogP contribution in [0.2, 0.25) is 0 Å². The molecule has 18 heavy (non-hydrogen) atoms. The van der Waals surface area contributed by atoms with Crippen molar-refractivity contribution in [2.45, 2.75) is 6.61 Å². The molecule has 0 amide bonds. The zero-order chi connectivity index (χ0) is 13.0. The van der Waals surface area contributed by atoms with Gasteiger partial charge in [0.1, 0.15) is 12.1 Å². The lowest BCUT2D eigenvalue weighted by Crippen LogP contribution is -2.11. The Balaban J connectivity index is 2.17. The molecule has 0 unspecified atom stereocenters. The maximum Gasteiger partial charge on any atom is 0.387 e. The van der Waals surface area contributed by atoms with E-state index in [1.165, 1.54) is 30.7 Å². The van der Waals surface area contributed by atoms with Crippen LogP contribution in [0.25, 0.3) is 0 Å². The van der Waals surface area contributed by atoms with Crippen molar-refractivity contribution in [3.63, 3.8) is 0 Å². The molecule has 0 atom stereocenters. The molecule has 0 fully saturated rings. The Morgan fingerprint density at radius 1 is 1.50 bits per heavy atom. The lowest BCUT2D eigenvalue weighted by molar-refractivity contribution is -0.0498. The van der Waals surface area contributed by atoms with Crippen molar-refractivity contribution in [2.75, 3.05) is 0 Å². The predicted octanol–water partition coefficient (Wildman–Crippen LogP) is 1.05. The highest BCUT2D eigenvalue weighted by molar-refractivity contribution is 5.80. The van der Waals surface area contributed by atoms with E-state index in [9.17, 15) is 13.6 Å². The van der Waals surface area contributed by atoms with Gasteiger partial charge in [0.25, 0.3) is 0 Å². The molecule has 0 aliphatic carbocycles. The van der Waals surface area contributed by atoms with Gasteiger partial charge in [0.2, 0.25) is 0 Å². The van der Waals surface area contributed by atoms with Gasteiger partial charge in [-0.2, -0.15) is 23.7 Å². The number of hydrogen-bond donors (Lipinski definition) is 1. The van der Waals surface area contributed by atoms with Crippen LogP contribution in [0.15, 0.2) is 40.5 Å². The van der Waals surface area contributed by atoms with Gasteiger partial charge in [0, 0.05) is 0 Å². The Morgan fingerprint density at radius 2 is 2.33 bits per heavy atom. The van der Waals surface area contributed by atoms with Crippen LogP contribution in [0, 0.1) is 0 Å². The molecule has 0 aliphatic heterocycles. The van der Waals surface area contributed by atoms with E-state index < -0.39 is 12.3 Å². The van der Waals surface area contributed by atoms with Gasteiger partial charge in [-0.1, -0.05) is 12.1 Å². The number of nitrogens with zero attached hydrogens (tertiary/aromatic N) is 3. The first-order valence-corrected chi connectivity index (χ1v) is 4.86. The first-order chi connectivity index (χ1) is 8.65. The number of rotatable bonds is 4. The van der Waals surface area contributed by atoms with Crippen LogP contribution in [-0.4, -0.2) is 27.7 Å². The summed E-state index contributed by atoms with van der Waals surface area (Å²) in [6.45, 7) is -2.88. The predicted molar refractivity (Wildman–Crippen MR) is 58.9 cm³/mol. The zero-order valence-corrected chi connectivity index (χ0v) is 8.96. The van der Waals surface area contributed by atoms with Crippen LogP contribution in [0.1, 0.15) is 5.56 Å². The molecule has 94 valence electrons. The average molecular weight is 254 g/mol. The number of nitrogens with one attached hydrogen (secondary N) is 1. The Kier molecular flexibility index (Phi) is 3.46. The van der Waals surface area contributed by atoms with E-state index >= 15 is 0 Å². The fourth-order valence-corrected chi connectivity index (χ4v) is 1.22. The molecular weight excluding hydrogens is 246 g/mol. The number of alkyl halides is 2. The number of ether oxygens (including phenoxy) is 1. The summed E-state index contributed by atoms with van der Waals surface area (Å²) in [7, 11) is 0. The summed E-state index contributed by atoms with van der Waals surface area (Å²) in [5.74, 6) is 0.0218. The van der Waals surface area contributed by atoms with E-state index in [-0.39, 0.29) is 5.75 Å². The molecule has 0 saturated heterocycles. The molecule has 1 N–H and O–H groups in total. The Labute approximate surface area is 99.5 Å². The Hall–Kier alpha value is -2.51. The standard InChI is InChI=1S/C10H8F2N4O2/c11-9(12)18-8-3-1-2-7(4-8)5-14-16-6-13-15-10(16)17/h1-6,9H,(H,15,17)/b14-5-.